The topological polar surface area (TPSA) is 35.2 Å². The van der Waals surface area contributed by atoms with Crippen LogP contribution >= 0.6 is 11.6 Å². The average molecular weight is 308 g/mol. The Labute approximate surface area is 129 Å². The highest BCUT2D eigenvalue weighted by Gasteiger charge is 2.12. The summed E-state index contributed by atoms with van der Waals surface area (Å²) in [7, 11) is 1.65. The Balaban J connectivity index is 2.05. The number of ether oxygens (including phenoxy) is 1. The normalized spacial score (nSPS) is 12.2. The molecule has 2 N–H and O–H groups in total. The van der Waals surface area contributed by atoms with Gasteiger partial charge < -0.3 is 10.5 Å². The number of nitrogens with two attached hydrogens (primary N) is 1. The summed E-state index contributed by atoms with van der Waals surface area (Å²) < 4.78 is 18.2. The van der Waals surface area contributed by atoms with E-state index in [-0.39, 0.29) is 11.7 Å². The van der Waals surface area contributed by atoms with Crippen LogP contribution in [0.3, 0.4) is 0 Å². The van der Waals surface area contributed by atoms with Crippen LogP contribution in [0.15, 0.2) is 42.5 Å². The lowest BCUT2D eigenvalue weighted by Crippen LogP contribution is -2.19. The lowest BCUT2D eigenvalue weighted by Gasteiger charge is -2.16. The molecule has 4 heteroatoms. The van der Waals surface area contributed by atoms with Crippen LogP contribution in [-0.2, 0) is 12.8 Å². The minimum absolute atomic E-state index is 0.265. The molecule has 2 aromatic carbocycles. The fourth-order valence-electron chi connectivity index (χ4n) is 2.33. The van der Waals surface area contributed by atoms with Crippen LogP contribution in [0.5, 0.6) is 5.75 Å². The fourth-order valence-corrected chi connectivity index (χ4v) is 2.58. The zero-order valence-electron chi connectivity index (χ0n) is 12.0. The highest BCUT2D eigenvalue weighted by Crippen LogP contribution is 2.22. The van der Waals surface area contributed by atoms with E-state index in [0.717, 1.165) is 24.2 Å². The Morgan fingerprint density at radius 2 is 1.86 bits per heavy atom. The molecule has 112 valence electrons. The first-order valence-corrected chi connectivity index (χ1v) is 7.27. The van der Waals surface area contributed by atoms with Crippen LogP contribution < -0.4 is 10.5 Å². The Morgan fingerprint density at radius 3 is 2.43 bits per heavy atom. The monoisotopic (exact) mass is 307 g/mol. The maximum absolute atomic E-state index is 13.1. The summed E-state index contributed by atoms with van der Waals surface area (Å²) in [5.74, 6) is 0.786. The molecule has 0 saturated heterocycles. The SMILES string of the molecule is COc1ccc(CC(CN)Cc2ccc(F)cc2Cl)cc1. The predicted octanol–water partition coefficient (Wildman–Crippen LogP) is 3.85. The van der Waals surface area contributed by atoms with Crippen molar-refractivity contribution < 1.29 is 9.13 Å². The van der Waals surface area contributed by atoms with E-state index in [9.17, 15) is 4.39 Å². The molecule has 21 heavy (non-hydrogen) atoms. The molecule has 0 heterocycles. The van der Waals surface area contributed by atoms with Crippen molar-refractivity contribution in [1.29, 1.82) is 0 Å². The molecule has 2 nitrogen and oxygen atoms in total. The van der Waals surface area contributed by atoms with Gasteiger partial charge in [-0.05, 0) is 60.7 Å². The fraction of sp³-hybridized carbons (Fsp3) is 0.294. The van der Waals surface area contributed by atoms with Crippen LogP contribution in [0.1, 0.15) is 11.1 Å². The largest absolute Gasteiger partial charge is 0.497 e. The van der Waals surface area contributed by atoms with Crippen LogP contribution in [0.25, 0.3) is 0 Å². The molecule has 0 aromatic heterocycles. The Hall–Kier alpha value is -1.58. The molecule has 0 aliphatic carbocycles. The quantitative estimate of drug-likeness (QED) is 0.880. The summed E-state index contributed by atoms with van der Waals surface area (Å²) in [6.07, 6.45) is 1.59. The van der Waals surface area contributed by atoms with Gasteiger partial charge in [-0.1, -0.05) is 29.8 Å². The van der Waals surface area contributed by atoms with Gasteiger partial charge in [0.15, 0.2) is 0 Å². The Morgan fingerprint density at radius 1 is 1.14 bits per heavy atom. The maximum atomic E-state index is 13.1. The van der Waals surface area contributed by atoms with Gasteiger partial charge in [-0.15, -0.1) is 0 Å². The molecular formula is C17H19ClFNO. The third kappa shape index (κ3) is 4.45. The van der Waals surface area contributed by atoms with E-state index in [0.29, 0.717) is 11.6 Å². The van der Waals surface area contributed by atoms with Crippen molar-refractivity contribution in [1.82, 2.24) is 0 Å². The molecule has 2 rings (SSSR count). The smallest absolute Gasteiger partial charge is 0.124 e. The van der Waals surface area contributed by atoms with Crippen molar-refractivity contribution in [3.05, 3.63) is 64.4 Å². The summed E-state index contributed by atoms with van der Waals surface area (Å²) in [6, 6.07) is 12.5. The lowest BCUT2D eigenvalue weighted by molar-refractivity contribution is 0.414. The van der Waals surface area contributed by atoms with Gasteiger partial charge in [-0.25, -0.2) is 4.39 Å². The van der Waals surface area contributed by atoms with Gasteiger partial charge in [0, 0.05) is 5.02 Å². The molecule has 1 atom stereocenters. The van der Waals surface area contributed by atoms with E-state index < -0.39 is 0 Å². The summed E-state index contributed by atoms with van der Waals surface area (Å²) in [5, 5.41) is 0.461. The second-order valence-electron chi connectivity index (χ2n) is 5.09. The molecule has 1 unspecified atom stereocenters. The first-order chi connectivity index (χ1) is 10.1. The zero-order valence-corrected chi connectivity index (χ0v) is 12.7. The van der Waals surface area contributed by atoms with Crippen LogP contribution in [0.4, 0.5) is 4.39 Å². The van der Waals surface area contributed by atoms with Crippen molar-refractivity contribution in [2.75, 3.05) is 13.7 Å². The van der Waals surface area contributed by atoms with Gasteiger partial charge in [0.05, 0.1) is 7.11 Å². The minimum atomic E-state index is -0.316. The molecule has 0 aliphatic heterocycles. The molecular weight excluding hydrogens is 289 g/mol. The number of benzene rings is 2. The molecule has 0 saturated carbocycles. The van der Waals surface area contributed by atoms with E-state index >= 15 is 0 Å². The number of hydrogen-bond donors (Lipinski definition) is 1. The predicted molar refractivity (Wildman–Crippen MR) is 84.4 cm³/mol. The molecule has 0 aliphatic rings. The number of hydrogen-bond acceptors (Lipinski definition) is 2. The summed E-state index contributed by atoms with van der Waals surface area (Å²) in [6.45, 7) is 0.555. The molecule has 0 bridgehead atoms. The van der Waals surface area contributed by atoms with Gasteiger partial charge in [-0.3, -0.25) is 0 Å². The lowest BCUT2D eigenvalue weighted by atomic mass is 9.92. The summed E-state index contributed by atoms with van der Waals surface area (Å²) >= 11 is 6.08. The Bertz CT molecular complexity index is 586. The van der Waals surface area contributed by atoms with Crippen molar-refractivity contribution in [3.8, 4) is 5.75 Å². The van der Waals surface area contributed by atoms with Crippen molar-refractivity contribution >= 4 is 11.6 Å². The van der Waals surface area contributed by atoms with Crippen LogP contribution in [-0.4, -0.2) is 13.7 Å². The number of rotatable bonds is 6. The molecule has 0 amide bonds. The third-order valence-electron chi connectivity index (χ3n) is 3.54. The summed E-state index contributed by atoms with van der Waals surface area (Å²) in [5.41, 5.74) is 7.99. The van der Waals surface area contributed by atoms with E-state index in [1.165, 1.54) is 17.7 Å². The first kappa shape index (κ1) is 15.8. The standard InChI is InChI=1S/C17H19ClFNO/c1-21-16-6-2-12(3-7-16)8-13(11-20)9-14-4-5-15(19)10-17(14)18/h2-7,10,13H,8-9,11,20H2,1H3. The summed E-state index contributed by atoms with van der Waals surface area (Å²) in [4.78, 5) is 0. The first-order valence-electron chi connectivity index (χ1n) is 6.89. The Kier molecular flexibility index (Phi) is 5.59. The van der Waals surface area contributed by atoms with Crippen LogP contribution in [0.2, 0.25) is 5.02 Å². The maximum Gasteiger partial charge on any atom is 0.124 e. The van der Waals surface area contributed by atoms with Gasteiger partial charge in [0.1, 0.15) is 11.6 Å². The second-order valence-corrected chi connectivity index (χ2v) is 5.50. The van der Waals surface area contributed by atoms with Crippen molar-refractivity contribution in [3.63, 3.8) is 0 Å². The molecule has 2 aromatic rings. The van der Waals surface area contributed by atoms with Crippen molar-refractivity contribution in [2.45, 2.75) is 12.8 Å². The van der Waals surface area contributed by atoms with E-state index in [1.54, 1.807) is 13.2 Å². The highest BCUT2D eigenvalue weighted by molar-refractivity contribution is 6.31. The second kappa shape index (κ2) is 7.43. The van der Waals surface area contributed by atoms with E-state index in [2.05, 4.69) is 0 Å². The molecule has 0 fully saturated rings. The van der Waals surface area contributed by atoms with Crippen molar-refractivity contribution in [2.24, 2.45) is 11.7 Å². The van der Waals surface area contributed by atoms with Crippen LogP contribution in [0, 0.1) is 11.7 Å². The van der Waals surface area contributed by atoms with Gasteiger partial charge in [-0.2, -0.15) is 0 Å². The minimum Gasteiger partial charge on any atom is -0.497 e. The highest BCUT2D eigenvalue weighted by atomic mass is 35.5. The van der Waals surface area contributed by atoms with Gasteiger partial charge >= 0.3 is 0 Å². The van der Waals surface area contributed by atoms with E-state index in [1.807, 2.05) is 24.3 Å². The molecule has 0 spiro atoms. The zero-order chi connectivity index (χ0) is 15.2. The average Bonchev–Trinajstić information content (AvgIpc) is 2.49. The van der Waals surface area contributed by atoms with Gasteiger partial charge in [0.2, 0.25) is 0 Å². The third-order valence-corrected chi connectivity index (χ3v) is 3.89. The number of methoxy groups -OCH3 is 1. The van der Waals surface area contributed by atoms with E-state index in [4.69, 9.17) is 22.1 Å². The molecule has 0 radical (unpaired) electrons. The van der Waals surface area contributed by atoms with Gasteiger partial charge in [0.25, 0.3) is 0 Å². The number of halogens is 2.